The topological polar surface area (TPSA) is 49.4 Å². The van der Waals surface area contributed by atoms with E-state index in [1.807, 2.05) is 32.0 Å². The van der Waals surface area contributed by atoms with Crippen LogP contribution >= 0.6 is 11.6 Å². The molecule has 0 fully saturated rings. The Hall–Kier alpha value is -2.33. The highest BCUT2D eigenvalue weighted by molar-refractivity contribution is 6.33. The lowest BCUT2D eigenvalue weighted by molar-refractivity contribution is -0.116. The number of hydrogen-bond donors (Lipinski definition) is 1. The monoisotopic (exact) mass is 344 g/mol. The fraction of sp³-hybridized carbons (Fsp3) is 0.263. The van der Waals surface area contributed by atoms with Crippen molar-refractivity contribution < 1.29 is 9.59 Å². The van der Waals surface area contributed by atoms with Crippen LogP contribution < -0.4 is 10.2 Å². The molecule has 0 aromatic heterocycles. The highest BCUT2D eigenvalue weighted by Crippen LogP contribution is 2.19. The molecule has 0 aliphatic rings. The Bertz CT molecular complexity index is 759. The molecule has 0 spiro atoms. The highest BCUT2D eigenvalue weighted by Gasteiger charge is 2.14. The number of anilines is 1. The van der Waals surface area contributed by atoms with Crippen LogP contribution in [0.15, 0.2) is 42.5 Å². The first-order valence-electron chi connectivity index (χ1n) is 7.78. The summed E-state index contributed by atoms with van der Waals surface area (Å²) in [6, 6.07) is 12.8. The molecule has 2 aromatic rings. The maximum atomic E-state index is 12.2. The highest BCUT2D eigenvalue weighted by atomic mass is 35.5. The van der Waals surface area contributed by atoms with Gasteiger partial charge in [0, 0.05) is 25.7 Å². The van der Waals surface area contributed by atoms with Gasteiger partial charge in [0.2, 0.25) is 5.91 Å². The second kappa shape index (κ2) is 7.97. The van der Waals surface area contributed by atoms with E-state index in [1.54, 1.807) is 29.2 Å². The van der Waals surface area contributed by atoms with Crippen LogP contribution in [0.25, 0.3) is 0 Å². The zero-order valence-corrected chi connectivity index (χ0v) is 14.9. The molecule has 0 unspecified atom stereocenters. The van der Waals surface area contributed by atoms with E-state index in [1.165, 1.54) is 12.5 Å². The lowest BCUT2D eigenvalue weighted by atomic mass is 10.1. The SMILES string of the molecule is CC(=O)N(CCNC(=O)c1ccccc1Cl)c1ccc(C)c(C)c1. The minimum atomic E-state index is -0.246. The minimum absolute atomic E-state index is 0.0646. The molecular weight excluding hydrogens is 324 g/mol. The van der Waals surface area contributed by atoms with Crippen molar-refractivity contribution in [2.75, 3.05) is 18.0 Å². The van der Waals surface area contributed by atoms with Crippen LogP contribution in [0.5, 0.6) is 0 Å². The Labute approximate surface area is 147 Å². The fourth-order valence-electron chi connectivity index (χ4n) is 2.38. The van der Waals surface area contributed by atoms with Gasteiger partial charge in [0.15, 0.2) is 0 Å². The van der Waals surface area contributed by atoms with Gasteiger partial charge >= 0.3 is 0 Å². The molecule has 0 heterocycles. The Morgan fingerprint density at radius 2 is 1.79 bits per heavy atom. The van der Waals surface area contributed by atoms with Crippen molar-refractivity contribution in [1.29, 1.82) is 0 Å². The van der Waals surface area contributed by atoms with Gasteiger partial charge in [-0.1, -0.05) is 29.8 Å². The molecule has 4 nitrogen and oxygen atoms in total. The van der Waals surface area contributed by atoms with Crippen LogP contribution in [0.4, 0.5) is 5.69 Å². The van der Waals surface area contributed by atoms with Gasteiger partial charge in [0.25, 0.3) is 5.91 Å². The molecule has 0 aliphatic carbocycles. The predicted molar refractivity (Wildman–Crippen MR) is 97.7 cm³/mol. The van der Waals surface area contributed by atoms with Crippen LogP contribution in [-0.4, -0.2) is 24.9 Å². The molecule has 2 amide bonds. The number of nitrogens with one attached hydrogen (secondary N) is 1. The standard InChI is InChI=1S/C19H21ClN2O2/c1-13-8-9-16(12-14(13)2)22(15(3)23)11-10-21-19(24)17-6-4-5-7-18(17)20/h4-9,12H,10-11H2,1-3H3,(H,21,24). The van der Waals surface area contributed by atoms with Gasteiger partial charge in [0.05, 0.1) is 10.6 Å². The largest absolute Gasteiger partial charge is 0.350 e. The molecule has 1 N–H and O–H groups in total. The molecule has 5 heteroatoms. The van der Waals surface area contributed by atoms with Gasteiger partial charge < -0.3 is 10.2 Å². The van der Waals surface area contributed by atoms with Gasteiger partial charge in [-0.15, -0.1) is 0 Å². The lowest BCUT2D eigenvalue weighted by Crippen LogP contribution is -2.37. The van der Waals surface area contributed by atoms with Crippen molar-refractivity contribution in [3.05, 3.63) is 64.2 Å². The minimum Gasteiger partial charge on any atom is -0.350 e. The summed E-state index contributed by atoms with van der Waals surface area (Å²) in [5, 5.41) is 3.21. The first-order valence-corrected chi connectivity index (χ1v) is 8.16. The molecule has 0 bridgehead atoms. The van der Waals surface area contributed by atoms with Gasteiger partial charge in [-0.3, -0.25) is 9.59 Å². The quantitative estimate of drug-likeness (QED) is 0.898. The van der Waals surface area contributed by atoms with Gasteiger partial charge in [0.1, 0.15) is 0 Å². The number of nitrogens with zero attached hydrogens (tertiary/aromatic N) is 1. The molecule has 2 aromatic carbocycles. The molecule has 126 valence electrons. The van der Waals surface area contributed by atoms with Crippen molar-refractivity contribution >= 4 is 29.1 Å². The van der Waals surface area contributed by atoms with Gasteiger partial charge in [-0.05, 0) is 49.2 Å². The van der Waals surface area contributed by atoms with Crippen LogP contribution in [-0.2, 0) is 4.79 Å². The number of rotatable bonds is 5. The average Bonchev–Trinajstić information content (AvgIpc) is 2.54. The van der Waals surface area contributed by atoms with Crippen molar-refractivity contribution in [3.63, 3.8) is 0 Å². The van der Waals surface area contributed by atoms with E-state index in [4.69, 9.17) is 11.6 Å². The number of hydrogen-bond acceptors (Lipinski definition) is 2. The van der Waals surface area contributed by atoms with E-state index in [0.29, 0.717) is 23.7 Å². The lowest BCUT2D eigenvalue weighted by Gasteiger charge is -2.22. The Morgan fingerprint density at radius 1 is 1.08 bits per heavy atom. The smallest absolute Gasteiger partial charge is 0.252 e. The van der Waals surface area contributed by atoms with E-state index in [2.05, 4.69) is 5.32 Å². The van der Waals surface area contributed by atoms with Crippen molar-refractivity contribution in [2.45, 2.75) is 20.8 Å². The maximum absolute atomic E-state index is 12.2. The Balaban J connectivity index is 2.02. The summed E-state index contributed by atoms with van der Waals surface area (Å²) in [5.41, 5.74) is 3.56. The summed E-state index contributed by atoms with van der Waals surface area (Å²) in [7, 11) is 0. The van der Waals surface area contributed by atoms with E-state index in [-0.39, 0.29) is 11.8 Å². The van der Waals surface area contributed by atoms with Crippen molar-refractivity contribution in [2.24, 2.45) is 0 Å². The fourth-order valence-corrected chi connectivity index (χ4v) is 2.61. The molecule has 0 radical (unpaired) electrons. The van der Waals surface area contributed by atoms with Gasteiger partial charge in [-0.25, -0.2) is 0 Å². The van der Waals surface area contributed by atoms with Crippen LogP contribution in [0, 0.1) is 13.8 Å². The zero-order chi connectivity index (χ0) is 17.7. The number of aryl methyl sites for hydroxylation is 2. The second-order valence-corrected chi connectivity index (χ2v) is 6.08. The Morgan fingerprint density at radius 3 is 2.42 bits per heavy atom. The first kappa shape index (κ1) is 18.0. The van der Waals surface area contributed by atoms with Crippen LogP contribution in [0.1, 0.15) is 28.4 Å². The molecule has 0 saturated carbocycles. The summed E-state index contributed by atoms with van der Waals surface area (Å²) in [5.74, 6) is -0.311. The molecule has 0 saturated heterocycles. The van der Waals surface area contributed by atoms with E-state index >= 15 is 0 Å². The molecule has 0 atom stereocenters. The van der Waals surface area contributed by atoms with Crippen LogP contribution in [0.2, 0.25) is 5.02 Å². The summed E-state index contributed by atoms with van der Waals surface area (Å²) in [6.07, 6.45) is 0. The summed E-state index contributed by atoms with van der Waals surface area (Å²) in [6.45, 7) is 6.30. The first-order chi connectivity index (χ1) is 11.4. The second-order valence-electron chi connectivity index (χ2n) is 5.67. The molecule has 0 aliphatic heterocycles. The normalized spacial score (nSPS) is 10.3. The predicted octanol–water partition coefficient (Wildman–Crippen LogP) is 3.74. The van der Waals surface area contributed by atoms with E-state index in [9.17, 15) is 9.59 Å². The van der Waals surface area contributed by atoms with Crippen molar-refractivity contribution in [1.82, 2.24) is 5.32 Å². The van der Waals surface area contributed by atoms with E-state index < -0.39 is 0 Å². The summed E-state index contributed by atoms with van der Waals surface area (Å²) >= 11 is 6.01. The van der Waals surface area contributed by atoms with Crippen molar-refractivity contribution in [3.8, 4) is 0 Å². The Kier molecular flexibility index (Phi) is 5.99. The van der Waals surface area contributed by atoms with E-state index in [0.717, 1.165) is 11.3 Å². The number of benzene rings is 2. The third-order valence-electron chi connectivity index (χ3n) is 3.92. The molecular formula is C19H21ClN2O2. The summed E-state index contributed by atoms with van der Waals surface area (Å²) in [4.78, 5) is 25.7. The maximum Gasteiger partial charge on any atom is 0.252 e. The summed E-state index contributed by atoms with van der Waals surface area (Å²) < 4.78 is 0. The molecule has 2 rings (SSSR count). The third kappa shape index (κ3) is 4.36. The number of carbonyl (C=O) groups is 2. The number of carbonyl (C=O) groups excluding carboxylic acids is 2. The number of amides is 2. The van der Waals surface area contributed by atoms with Crippen LogP contribution in [0.3, 0.4) is 0 Å². The number of halogens is 1. The third-order valence-corrected chi connectivity index (χ3v) is 4.25. The van der Waals surface area contributed by atoms with Gasteiger partial charge in [-0.2, -0.15) is 0 Å². The zero-order valence-electron chi connectivity index (χ0n) is 14.1. The molecule has 24 heavy (non-hydrogen) atoms. The average molecular weight is 345 g/mol.